The normalized spacial score (nSPS) is 11.5. The summed E-state index contributed by atoms with van der Waals surface area (Å²) >= 11 is 6.00. The Balaban J connectivity index is 1.74. The minimum Gasteiger partial charge on any atom is -0.349 e. The van der Waals surface area contributed by atoms with E-state index in [1.54, 1.807) is 0 Å². The van der Waals surface area contributed by atoms with Crippen molar-refractivity contribution in [3.8, 4) is 0 Å². The van der Waals surface area contributed by atoms with Crippen LogP contribution >= 0.6 is 11.6 Å². The minimum absolute atomic E-state index is 0.552. The summed E-state index contributed by atoms with van der Waals surface area (Å²) in [6, 6.07) is 18.1. The molecule has 0 aliphatic heterocycles. The second-order valence-corrected chi connectivity index (χ2v) is 7.12. The number of aromatic nitrogens is 3. The van der Waals surface area contributed by atoms with Gasteiger partial charge in [0.15, 0.2) is 11.8 Å². The molecule has 0 amide bonds. The van der Waals surface area contributed by atoms with Gasteiger partial charge < -0.3 is 14.8 Å². The van der Waals surface area contributed by atoms with Crippen LogP contribution in [0.4, 0.5) is 0 Å². The monoisotopic (exact) mass is 396 g/mol. The number of rotatable bonds is 6. The molecule has 7 heteroatoms. The van der Waals surface area contributed by atoms with Crippen molar-refractivity contribution in [2.45, 2.75) is 26.6 Å². The van der Waals surface area contributed by atoms with Crippen molar-refractivity contribution in [3.05, 3.63) is 82.4 Å². The summed E-state index contributed by atoms with van der Waals surface area (Å²) in [6.07, 6.45) is 0. The van der Waals surface area contributed by atoms with E-state index in [1.165, 1.54) is 0 Å². The molecular formula is C21H25ClN6. The molecule has 0 bridgehead atoms. The largest absolute Gasteiger partial charge is 0.349 e. The standard InChI is InChI=1S/C21H25ClN6/c1-16-25-26-20(28(16)3)14-24-21(23-13-17-7-5-4-6-8-17)27(2)15-18-9-11-19(22)12-10-18/h4-12H,13-15H2,1-3H3,(H,23,24). The van der Waals surface area contributed by atoms with Gasteiger partial charge >= 0.3 is 0 Å². The van der Waals surface area contributed by atoms with E-state index >= 15 is 0 Å². The zero-order valence-corrected chi connectivity index (χ0v) is 17.2. The third kappa shape index (κ3) is 5.33. The molecule has 28 heavy (non-hydrogen) atoms. The molecule has 0 aliphatic rings. The smallest absolute Gasteiger partial charge is 0.194 e. The molecule has 0 saturated heterocycles. The highest BCUT2D eigenvalue weighted by molar-refractivity contribution is 6.30. The molecule has 0 saturated carbocycles. The van der Waals surface area contributed by atoms with Crippen molar-refractivity contribution >= 4 is 17.6 Å². The Morgan fingerprint density at radius 3 is 2.43 bits per heavy atom. The molecule has 2 aromatic carbocycles. The fourth-order valence-corrected chi connectivity index (χ4v) is 2.89. The molecule has 3 aromatic rings. The minimum atomic E-state index is 0.552. The second kappa shape index (κ2) is 9.37. The van der Waals surface area contributed by atoms with Gasteiger partial charge in [-0.2, -0.15) is 0 Å². The zero-order valence-electron chi connectivity index (χ0n) is 16.4. The Labute approximate surface area is 170 Å². The maximum absolute atomic E-state index is 6.00. The molecule has 1 N–H and O–H groups in total. The van der Waals surface area contributed by atoms with Crippen LogP contribution in [-0.4, -0.2) is 32.7 Å². The molecule has 3 rings (SSSR count). The molecule has 0 fully saturated rings. The summed E-state index contributed by atoms with van der Waals surface area (Å²) in [5.74, 6) is 2.55. The maximum Gasteiger partial charge on any atom is 0.194 e. The topological polar surface area (TPSA) is 58.3 Å². The number of nitrogens with one attached hydrogen (secondary N) is 1. The summed E-state index contributed by atoms with van der Waals surface area (Å²) in [5.41, 5.74) is 2.33. The van der Waals surface area contributed by atoms with Crippen LogP contribution in [0.25, 0.3) is 0 Å². The van der Waals surface area contributed by atoms with E-state index < -0.39 is 0 Å². The maximum atomic E-state index is 6.00. The third-order valence-electron chi connectivity index (χ3n) is 4.54. The lowest BCUT2D eigenvalue weighted by Gasteiger charge is -2.22. The molecular weight excluding hydrogens is 372 g/mol. The lowest BCUT2D eigenvalue weighted by Crippen LogP contribution is -2.38. The Bertz CT molecular complexity index is 918. The molecule has 1 heterocycles. The van der Waals surface area contributed by atoms with Crippen LogP contribution in [0.3, 0.4) is 0 Å². The highest BCUT2D eigenvalue weighted by Gasteiger charge is 2.10. The van der Waals surface area contributed by atoms with E-state index in [-0.39, 0.29) is 0 Å². The van der Waals surface area contributed by atoms with E-state index in [2.05, 4.69) is 32.5 Å². The first-order valence-electron chi connectivity index (χ1n) is 9.15. The summed E-state index contributed by atoms with van der Waals surface area (Å²) in [6.45, 7) is 3.81. The molecule has 0 spiro atoms. The number of hydrogen-bond donors (Lipinski definition) is 1. The predicted molar refractivity (Wildman–Crippen MR) is 113 cm³/mol. The first kappa shape index (κ1) is 19.9. The predicted octanol–water partition coefficient (Wildman–Crippen LogP) is 3.55. The van der Waals surface area contributed by atoms with Crippen molar-refractivity contribution in [1.82, 2.24) is 25.0 Å². The number of aryl methyl sites for hydroxylation is 1. The number of halogens is 1. The SMILES string of the molecule is Cc1nnc(CNC(=NCc2ccccc2)N(C)Cc2ccc(Cl)cc2)n1C. The van der Waals surface area contributed by atoms with Gasteiger partial charge in [-0.05, 0) is 30.2 Å². The molecule has 6 nitrogen and oxygen atoms in total. The Hall–Kier alpha value is -2.86. The first-order chi connectivity index (χ1) is 13.5. The van der Waals surface area contributed by atoms with Crippen LogP contribution in [0.5, 0.6) is 0 Å². The van der Waals surface area contributed by atoms with Gasteiger partial charge in [0.2, 0.25) is 0 Å². The third-order valence-corrected chi connectivity index (χ3v) is 4.79. The Morgan fingerprint density at radius 1 is 1.07 bits per heavy atom. The average molecular weight is 397 g/mol. The van der Waals surface area contributed by atoms with E-state index in [0.717, 1.165) is 40.3 Å². The van der Waals surface area contributed by atoms with Gasteiger partial charge in [-0.1, -0.05) is 54.1 Å². The van der Waals surface area contributed by atoms with Crippen LogP contribution in [0, 0.1) is 6.92 Å². The van der Waals surface area contributed by atoms with Gasteiger partial charge in [0, 0.05) is 25.7 Å². The van der Waals surface area contributed by atoms with Crippen LogP contribution in [0.2, 0.25) is 5.02 Å². The number of nitrogens with zero attached hydrogens (tertiary/aromatic N) is 5. The van der Waals surface area contributed by atoms with Crippen LogP contribution in [-0.2, 0) is 26.7 Å². The lowest BCUT2D eigenvalue weighted by molar-refractivity contribution is 0.472. The van der Waals surface area contributed by atoms with Crippen molar-refractivity contribution < 1.29 is 0 Å². The van der Waals surface area contributed by atoms with Gasteiger partial charge in [0.1, 0.15) is 5.82 Å². The van der Waals surface area contributed by atoms with Crippen molar-refractivity contribution in [2.75, 3.05) is 7.05 Å². The number of hydrogen-bond acceptors (Lipinski definition) is 3. The Kier molecular flexibility index (Phi) is 6.66. The van der Waals surface area contributed by atoms with Crippen LogP contribution in [0.15, 0.2) is 59.6 Å². The Morgan fingerprint density at radius 2 is 1.79 bits per heavy atom. The summed E-state index contributed by atoms with van der Waals surface area (Å²) in [4.78, 5) is 6.90. The van der Waals surface area contributed by atoms with Gasteiger partial charge in [0.05, 0.1) is 13.1 Å². The van der Waals surface area contributed by atoms with Gasteiger partial charge in [-0.3, -0.25) is 0 Å². The lowest BCUT2D eigenvalue weighted by atomic mass is 10.2. The van der Waals surface area contributed by atoms with Gasteiger partial charge in [-0.15, -0.1) is 10.2 Å². The fourth-order valence-electron chi connectivity index (χ4n) is 2.76. The van der Waals surface area contributed by atoms with Gasteiger partial charge in [-0.25, -0.2) is 4.99 Å². The molecule has 146 valence electrons. The van der Waals surface area contributed by atoms with E-state index in [9.17, 15) is 0 Å². The fraction of sp³-hybridized carbons (Fsp3) is 0.286. The van der Waals surface area contributed by atoms with Gasteiger partial charge in [0.25, 0.3) is 0 Å². The van der Waals surface area contributed by atoms with E-state index in [1.807, 2.05) is 68.1 Å². The van der Waals surface area contributed by atoms with E-state index in [4.69, 9.17) is 16.6 Å². The first-order valence-corrected chi connectivity index (χ1v) is 9.53. The van der Waals surface area contributed by atoms with E-state index in [0.29, 0.717) is 13.1 Å². The zero-order chi connectivity index (χ0) is 19.9. The molecule has 0 unspecified atom stereocenters. The number of benzene rings is 2. The van der Waals surface area contributed by atoms with Crippen molar-refractivity contribution in [3.63, 3.8) is 0 Å². The summed E-state index contributed by atoms with van der Waals surface area (Å²) in [7, 11) is 3.98. The van der Waals surface area contributed by atoms with Crippen LogP contribution < -0.4 is 5.32 Å². The molecule has 1 aromatic heterocycles. The number of guanidine groups is 1. The highest BCUT2D eigenvalue weighted by Crippen LogP contribution is 2.11. The van der Waals surface area contributed by atoms with Crippen LogP contribution in [0.1, 0.15) is 22.8 Å². The quantitative estimate of drug-likeness (QED) is 0.511. The van der Waals surface area contributed by atoms with Crippen molar-refractivity contribution in [1.29, 1.82) is 0 Å². The molecule has 0 aliphatic carbocycles. The average Bonchev–Trinajstić information content (AvgIpc) is 3.02. The molecule has 0 atom stereocenters. The summed E-state index contributed by atoms with van der Waals surface area (Å²) < 4.78 is 1.97. The highest BCUT2D eigenvalue weighted by atomic mass is 35.5. The summed E-state index contributed by atoms with van der Waals surface area (Å²) in [5, 5.41) is 12.5. The number of aliphatic imine (C=N–C) groups is 1. The second-order valence-electron chi connectivity index (χ2n) is 6.68. The van der Waals surface area contributed by atoms with Crippen molar-refractivity contribution in [2.24, 2.45) is 12.0 Å². The molecule has 0 radical (unpaired) electrons.